The van der Waals surface area contributed by atoms with Crippen molar-refractivity contribution in [3.63, 3.8) is 0 Å². The van der Waals surface area contributed by atoms with Gasteiger partial charge in [-0.2, -0.15) is 4.31 Å². The number of aromatic nitrogens is 2. The number of imidazole rings is 1. The van der Waals surface area contributed by atoms with E-state index in [1.807, 2.05) is 0 Å². The van der Waals surface area contributed by atoms with Crippen molar-refractivity contribution in [2.24, 2.45) is 0 Å². The minimum atomic E-state index is -3.64. The van der Waals surface area contributed by atoms with Crippen LogP contribution in [0.25, 0.3) is 11.0 Å². The minimum Gasteiger partial charge on any atom is -0.340 e. The zero-order valence-corrected chi connectivity index (χ0v) is 13.5. The average Bonchev–Trinajstić information content (AvgIpc) is 2.93. The Bertz CT molecular complexity index is 891. The van der Waals surface area contributed by atoms with E-state index in [1.54, 1.807) is 17.9 Å². The van der Waals surface area contributed by atoms with Crippen molar-refractivity contribution in [1.82, 2.24) is 19.2 Å². The van der Waals surface area contributed by atoms with Gasteiger partial charge in [-0.15, -0.1) is 0 Å². The summed E-state index contributed by atoms with van der Waals surface area (Å²) in [4.78, 5) is 29.9. The van der Waals surface area contributed by atoms with Crippen molar-refractivity contribution in [3.05, 3.63) is 28.7 Å². The summed E-state index contributed by atoms with van der Waals surface area (Å²) in [6.07, 6.45) is 0.421. The number of aromatic amines is 2. The minimum absolute atomic E-state index is 0.0355. The van der Waals surface area contributed by atoms with E-state index in [9.17, 15) is 18.0 Å². The van der Waals surface area contributed by atoms with E-state index in [0.29, 0.717) is 30.5 Å². The Morgan fingerprint density at radius 2 is 1.78 bits per heavy atom. The molecular weight excluding hydrogens is 320 g/mol. The Morgan fingerprint density at radius 3 is 2.43 bits per heavy atom. The highest BCUT2D eigenvalue weighted by Crippen LogP contribution is 2.20. The van der Waals surface area contributed by atoms with Gasteiger partial charge in [0.1, 0.15) is 0 Å². The number of nitrogens with zero attached hydrogens (tertiary/aromatic N) is 2. The first-order valence-electron chi connectivity index (χ1n) is 7.42. The monoisotopic (exact) mass is 338 g/mol. The van der Waals surface area contributed by atoms with Gasteiger partial charge in [0.2, 0.25) is 15.9 Å². The standard InChI is InChI=1S/C14H18N4O4S/c1-2-13(19)17-5-7-18(8-6-17)23(21,22)10-3-4-11-12(9-10)16-14(20)15-11/h3-4,9H,2,5-8H2,1H3,(H2,15,16,20). The number of carbonyl (C=O) groups is 1. The first-order valence-corrected chi connectivity index (χ1v) is 8.86. The van der Waals surface area contributed by atoms with E-state index in [-0.39, 0.29) is 29.6 Å². The number of carbonyl (C=O) groups excluding carboxylic acids is 1. The Labute approximate surface area is 133 Å². The van der Waals surface area contributed by atoms with Gasteiger partial charge in [0.05, 0.1) is 15.9 Å². The Morgan fingerprint density at radius 1 is 1.13 bits per heavy atom. The molecule has 1 aromatic carbocycles. The number of piperazine rings is 1. The molecule has 1 aromatic heterocycles. The van der Waals surface area contributed by atoms with Gasteiger partial charge in [0.15, 0.2) is 0 Å². The van der Waals surface area contributed by atoms with Crippen molar-refractivity contribution < 1.29 is 13.2 Å². The summed E-state index contributed by atoms with van der Waals surface area (Å²) in [7, 11) is -3.64. The number of amides is 1. The summed E-state index contributed by atoms with van der Waals surface area (Å²) in [5.41, 5.74) is 0.643. The molecule has 0 unspecified atom stereocenters. The van der Waals surface area contributed by atoms with E-state index >= 15 is 0 Å². The zero-order valence-electron chi connectivity index (χ0n) is 12.7. The maximum absolute atomic E-state index is 12.7. The van der Waals surface area contributed by atoms with Gasteiger partial charge < -0.3 is 14.9 Å². The van der Waals surface area contributed by atoms with Gasteiger partial charge >= 0.3 is 5.69 Å². The maximum atomic E-state index is 12.7. The number of rotatable bonds is 3. The first-order chi connectivity index (χ1) is 10.9. The summed E-state index contributed by atoms with van der Waals surface area (Å²) >= 11 is 0. The molecule has 1 saturated heterocycles. The fourth-order valence-electron chi connectivity index (χ4n) is 2.72. The molecule has 0 atom stereocenters. The van der Waals surface area contributed by atoms with Gasteiger partial charge in [-0.1, -0.05) is 6.92 Å². The molecule has 2 heterocycles. The lowest BCUT2D eigenvalue weighted by atomic mass is 10.3. The third kappa shape index (κ3) is 2.89. The van der Waals surface area contributed by atoms with Crippen molar-refractivity contribution in [1.29, 1.82) is 0 Å². The van der Waals surface area contributed by atoms with Gasteiger partial charge in [0.25, 0.3) is 0 Å². The zero-order chi connectivity index (χ0) is 16.6. The van der Waals surface area contributed by atoms with E-state index in [4.69, 9.17) is 0 Å². The molecule has 3 rings (SSSR count). The third-order valence-electron chi connectivity index (χ3n) is 4.02. The molecule has 0 saturated carbocycles. The molecule has 1 amide bonds. The molecule has 0 spiro atoms. The number of nitrogens with one attached hydrogen (secondary N) is 2. The third-order valence-corrected chi connectivity index (χ3v) is 5.91. The van der Waals surface area contributed by atoms with Gasteiger partial charge in [0, 0.05) is 32.6 Å². The summed E-state index contributed by atoms with van der Waals surface area (Å²) in [5, 5.41) is 0. The predicted molar refractivity (Wildman–Crippen MR) is 84.5 cm³/mol. The van der Waals surface area contributed by atoms with E-state index < -0.39 is 10.0 Å². The van der Waals surface area contributed by atoms with Crippen LogP contribution in [0.4, 0.5) is 0 Å². The molecule has 1 fully saturated rings. The van der Waals surface area contributed by atoms with Crippen LogP contribution < -0.4 is 5.69 Å². The van der Waals surface area contributed by atoms with E-state index in [1.165, 1.54) is 16.4 Å². The molecule has 2 N–H and O–H groups in total. The molecule has 124 valence electrons. The largest absolute Gasteiger partial charge is 0.340 e. The molecule has 1 aliphatic heterocycles. The highest BCUT2D eigenvalue weighted by molar-refractivity contribution is 7.89. The number of hydrogen-bond acceptors (Lipinski definition) is 4. The lowest BCUT2D eigenvalue weighted by molar-refractivity contribution is -0.132. The fraction of sp³-hybridized carbons (Fsp3) is 0.429. The highest BCUT2D eigenvalue weighted by atomic mass is 32.2. The summed E-state index contributed by atoms with van der Waals surface area (Å²) in [6.45, 7) is 3.13. The van der Waals surface area contributed by atoms with Crippen LogP contribution in [0.15, 0.2) is 27.9 Å². The van der Waals surface area contributed by atoms with Crippen LogP contribution in [-0.2, 0) is 14.8 Å². The molecule has 1 aliphatic rings. The number of sulfonamides is 1. The Balaban J connectivity index is 1.83. The molecule has 0 radical (unpaired) electrons. The first kappa shape index (κ1) is 15.8. The van der Waals surface area contributed by atoms with Crippen molar-refractivity contribution >= 4 is 27.0 Å². The van der Waals surface area contributed by atoms with Crippen LogP contribution in [0, 0.1) is 0 Å². The number of benzene rings is 1. The normalized spacial score (nSPS) is 16.8. The van der Waals surface area contributed by atoms with Crippen LogP contribution in [0.5, 0.6) is 0 Å². The van der Waals surface area contributed by atoms with E-state index in [0.717, 1.165) is 0 Å². The lowest BCUT2D eigenvalue weighted by Gasteiger charge is -2.33. The second-order valence-corrected chi connectivity index (χ2v) is 7.36. The van der Waals surface area contributed by atoms with Crippen LogP contribution >= 0.6 is 0 Å². The van der Waals surface area contributed by atoms with Gasteiger partial charge in [-0.05, 0) is 18.2 Å². The smallest absolute Gasteiger partial charge is 0.323 e. The second kappa shape index (κ2) is 5.82. The average molecular weight is 338 g/mol. The van der Waals surface area contributed by atoms with Crippen LogP contribution in [0.3, 0.4) is 0 Å². The topological polar surface area (TPSA) is 106 Å². The summed E-state index contributed by atoms with van der Waals surface area (Å²) in [6, 6.07) is 4.49. The Kier molecular flexibility index (Phi) is 3.99. The van der Waals surface area contributed by atoms with E-state index in [2.05, 4.69) is 9.97 Å². The number of fused-ring (bicyclic) bond motifs is 1. The molecular formula is C14H18N4O4S. The molecule has 2 aromatic rings. The molecule has 0 bridgehead atoms. The Hall–Kier alpha value is -2.13. The molecule has 8 nitrogen and oxygen atoms in total. The fourth-order valence-corrected chi connectivity index (χ4v) is 4.17. The van der Waals surface area contributed by atoms with Crippen molar-refractivity contribution in [3.8, 4) is 0 Å². The summed E-state index contributed by atoms with van der Waals surface area (Å²) < 4.78 is 26.8. The quantitative estimate of drug-likeness (QED) is 0.827. The number of hydrogen-bond donors (Lipinski definition) is 2. The lowest BCUT2D eigenvalue weighted by Crippen LogP contribution is -2.50. The van der Waals surface area contributed by atoms with Crippen molar-refractivity contribution in [2.75, 3.05) is 26.2 Å². The van der Waals surface area contributed by atoms with Crippen LogP contribution in [0.2, 0.25) is 0 Å². The molecule has 23 heavy (non-hydrogen) atoms. The van der Waals surface area contributed by atoms with Crippen LogP contribution in [0.1, 0.15) is 13.3 Å². The van der Waals surface area contributed by atoms with Crippen LogP contribution in [-0.4, -0.2) is 59.7 Å². The molecule has 9 heteroatoms. The molecule has 0 aliphatic carbocycles. The SMILES string of the molecule is CCC(=O)N1CCN(S(=O)(=O)c2ccc3[nH]c(=O)[nH]c3c2)CC1. The van der Waals surface area contributed by atoms with Gasteiger partial charge in [-0.25, -0.2) is 13.2 Å². The van der Waals surface area contributed by atoms with Crippen molar-refractivity contribution in [2.45, 2.75) is 18.2 Å². The predicted octanol–water partition coefficient (Wildman–Crippen LogP) is 0.0991. The summed E-state index contributed by atoms with van der Waals surface area (Å²) in [5.74, 6) is 0.0355. The number of H-pyrrole nitrogens is 2. The second-order valence-electron chi connectivity index (χ2n) is 5.42. The maximum Gasteiger partial charge on any atom is 0.323 e. The van der Waals surface area contributed by atoms with Gasteiger partial charge in [-0.3, -0.25) is 4.79 Å². The highest BCUT2D eigenvalue weighted by Gasteiger charge is 2.29.